The minimum Gasteiger partial charge on any atom is -0.379 e. The zero-order valence-corrected chi connectivity index (χ0v) is 20.8. The molecule has 6 nitrogen and oxygen atoms in total. The molecule has 1 fully saturated rings. The number of nitrogens with one attached hydrogen (secondary N) is 2. The number of guanidine groups is 1. The van der Waals surface area contributed by atoms with E-state index < -0.39 is 0 Å². The molecule has 0 amide bonds. The fraction of sp³-hybridized carbons (Fsp3) is 0.950. The molecule has 1 aliphatic rings. The summed E-state index contributed by atoms with van der Waals surface area (Å²) in [5.41, 5.74) is 0.0823. The fourth-order valence-electron chi connectivity index (χ4n) is 3.11. The van der Waals surface area contributed by atoms with Crippen LogP contribution in [-0.4, -0.2) is 75.5 Å². The molecule has 0 spiro atoms. The van der Waals surface area contributed by atoms with Gasteiger partial charge in [-0.2, -0.15) is 0 Å². The fourth-order valence-corrected chi connectivity index (χ4v) is 3.11. The lowest BCUT2D eigenvalue weighted by Crippen LogP contribution is -2.49. The maximum atomic E-state index is 5.66. The van der Waals surface area contributed by atoms with Crippen molar-refractivity contribution in [3.63, 3.8) is 0 Å². The van der Waals surface area contributed by atoms with Crippen LogP contribution in [0.15, 0.2) is 4.99 Å². The number of aliphatic imine (C=N–C) groups is 1. The number of rotatable bonds is 9. The van der Waals surface area contributed by atoms with Crippen LogP contribution in [0, 0.1) is 5.41 Å². The quantitative estimate of drug-likeness (QED) is 0.291. The Morgan fingerprint density at radius 1 is 1.22 bits per heavy atom. The molecule has 0 aliphatic carbocycles. The second kappa shape index (κ2) is 14.0. The molecule has 1 unspecified atom stereocenters. The Morgan fingerprint density at radius 2 is 1.85 bits per heavy atom. The molecule has 162 valence electrons. The van der Waals surface area contributed by atoms with E-state index in [2.05, 4.69) is 57.1 Å². The van der Waals surface area contributed by atoms with E-state index in [-0.39, 0.29) is 35.5 Å². The van der Waals surface area contributed by atoms with Crippen molar-refractivity contribution < 1.29 is 9.47 Å². The highest BCUT2D eigenvalue weighted by molar-refractivity contribution is 14.0. The minimum absolute atomic E-state index is 0. The Morgan fingerprint density at radius 3 is 2.33 bits per heavy atom. The normalized spacial score (nSPS) is 18.3. The molecule has 0 aromatic carbocycles. The van der Waals surface area contributed by atoms with Crippen LogP contribution in [0.5, 0.6) is 0 Å². The first-order valence-corrected chi connectivity index (χ1v) is 10.2. The highest BCUT2D eigenvalue weighted by atomic mass is 127. The van der Waals surface area contributed by atoms with E-state index in [1.807, 2.05) is 0 Å². The molecule has 2 N–H and O–H groups in total. The van der Waals surface area contributed by atoms with E-state index >= 15 is 0 Å². The summed E-state index contributed by atoms with van der Waals surface area (Å²) >= 11 is 0. The maximum absolute atomic E-state index is 5.66. The monoisotopic (exact) mass is 498 g/mol. The van der Waals surface area contributed by atoms with Gasteiger partial charge >= 0.3 is 0 Å². The summed E-state index contributed by atoms with van der Waals surface area (Å²) in [5.74, 6) is 0.903. The van der Waals surface area contributed by atoms with Crippen molar-refractivity contribution in [3.8, 4) is 0 Å². The van der Waals surface area contributed by atoms with Gasteiger partial charge in [0.1, 0.15) is 0 Å². The highest BCUT2D eigenvalue weighted by Crippen LogP contribution is 2.21. The Balaban J connectivity index is 0.00000676. The van der Waals surface area contributed by atoms with E-state index in [1.165, 1.54) is 0 Å². The average molecular weight is 498 g/mol. The van der Waals surface area contributed by atoms with Gasteiger partial charge in [0, 0.05) is 39.3 Å². The number of halogens is 1. The highest BCUT2D eigenvalue weighted by Gasteiger charge is 2.24. The molecule has 1 rings (SSSR count). The first-order chi connectivity index (χ1) is 12.3. The van der Waals surface area contributed by atoms with E-state index in [0.29, 0.717) is 18.7 Å². The molecule has 0 saturated carbocycles. The predicted octanol–water partition coefficient (Wildman–Crippen LogP) is 3.11. The van der Waals surface area contributed by atoms with Gasteiger partial charge in [0.25, 0.3) is 0 Å². The van der Waals surface area contributed by atoms with Crippen LogP contribution < -0.4 is 10.6 Å². The summed E-state index contributed by atoms with van der Waals surface area (Å²) in [5, 5.41) is 6.98. The third kappa shape index (κ3) is 11.5. The summed E-state index contributed by atoms with van der Waals surface area (Å²) in [6.45, 7) is 18.5. The number of ether oxygens (including phenoxy) is 2. The van der Waals surface area contributed by atoms with Gasteiger partial charge in [0.05, 0.1) is 25.4 Å². The predicted molar refractivity (Wildman–Crippen MR) is 125 cm³/mol. The van der Waals surface area contributed by atoms with Crippen molar-refractivity contribution in [2.24, 2.45) is 10.4 Å². The lowest BCUT2D eigenvalue weighted by atomic mass is 9.89. The van der Waals surface area contributed by atoms with Gasteiger partial charge < -0.3 is 25.0 Å². The molecule has 1 aliphatic heterocycles. The lowest BCUT2D eigenvalue weighted by molar-refractivity contribution is 0.0241. The molecular formula is C20H43IN4O2. The third-order valence-corrected chi connectivity index (χ3v) is 4.80. The average Bonchev–Trinajstić information content (AvgIpc) is 2.55. The number of hydrogen-bond acceptors (Lipinski definition) is 4. The van der Waals surface area contributed by atoms with Crippen LogP contribution in [0.4, 0.5) is 0 Å². The molecule has 0 aromatic rings. The van der Waals surface area contributed by atoms with Crippen LogP contribution in [0.25, 0.3) is 0 Å². The van der Waals surface area contributed by atoms with Gasteiger partial charge in [-0.1, -0.05) is 20.8 Å². The summed E-state index contributed by atoms with van der Waals surface area (Å²) in [6.07, 6.45) is 2.70. The number of likely N-dealkylation sites (tertiary alicyclic amines) is 1. The maximum Gasteiger partial charge on any atom is 0.191 e. The van der Waals surface area contributed by atoms with Crippen molar-refractivity contribution in [1.82, 2.24) is 15.5 Å². The molecule has 0 bridgehead atoms. The molecule has 0 aromatic heterocycles. The smallest absolute Gasteiger partial charge is 0.191 e. The number of hydrogen-bond donors (Lipinski definition) is 2. The molecule has 27 heavy (non-hydrogen) atoms. The summed E-state index contributed by atoms with van der Waals surface area (Å²) in [6, 6.07) is 0.477. The Bertz CT molecular complexity index is 405. The zero-order valence-electron chi connectivity index (χ0n) is 18.5. The molecule has 1 saturated heterocycles. The number of piperidine rings is 1. The first kappa shape index (κ1) is 26.9. The van der Waals surface area contributed by atoms with Gasteiger partial charge in [0.15, 0.2) is 5.96 Å². The summed E-state index contributed by atoms with van der Waals surface area (Å²) in [4.78, 5) is 7.26. The third-order valence-electron chi connectivity index (χ3n) is 4.80. The second-order valence-corrected chi connectivity index (χ2v) is 8.49. The van der Waals surface area contributed by atoms with Crippen molar-refractivity contribution in [2.45, 2.75) is 72.6 Å². The number of methoxy groups -OCH3 is 1. The van der Waals surface area contributed by atoms with Gasteiger partial charge in [-0.05, 0) is 39.0 Å². The van der Waals surface area contributed by atoms with Crippen LogP contribution >= 0.6 is 24.0 Å². The largest absolute Gasteiger partial charge is 0.379 e. The SMILES string of the molecule is CCNC(=NCC(OC)C(C)(C)C)NC1CCN(CCOC(C)C)CC1.I. The lowest BCUT2D eigenvalue weighted by Gasteiger charge is -2.33. The second-order valence-electron chi connectivity index (χ2n) is 8.49. The van der Waals surface area contributed by atoms with Crippen molar-refractivity contribution in [3.05, 3.63) is 0 Å². The first-order valence-electron chi connectivity index (χ1n) is 10.2. The Hall–Kier alpha value is -0.120. The molecule has 7 heteroatoms. The van der Waals surface area contributed by atoms with Gasteiger partial charge in [0.2, 0.25) is 0 Å². The zero-order chi connectivity index (χ0) is 19.6. The summed E-state index contributed by atoms with van der Waals surface area (Å²) in [7, 11) is 1.77. The van der Waals surface area contributed by atoms with Crippen LogP contribution in [0.2, 0.25) is 0 Å². The van der Waals surface area contributed by atoms with E-state index in [9.17, 15) is 0 Å². The minimum atomic E-state index is 0. The van der Waals surface area contributed by atoms with Gasteiger partial charge in [-0.3, -0.25) is 4.99 Å². The van der Waals surface area contributed by atoms with E-state index in [1.54, 1.807) is 7.11 Å². The molecular weight excluding hydrogens is 455 g/mol. The Kier molecular flexibility index (Phi) is 13.9. The van der Waals surface area contributed by atoms with E-state index in [0.717, 1.165) is 51.6 Å². The molecule has 1 heterocycles. The van der Waals surface area contributed by atoms with Crippen LogP contribution in [-0.2, 0) is 9.47 Å². The molecule has 1 atom stereocenters. The van der Waals surface area contributed by atoms with Crippen molar-refractivity contribution >= 4 is 29.9 Å². The van der Waals surface area contributed by atoms with Gasteiger partial charge in [-0.15, -0.1) is 24.0 Å². The van der Waals surface area contributed by atoms with Crippen molar-refractivity contribution in [1.29, 1.82) is 0 Å². The van der Waals surface area contributed by atoms with E-state index in [4.69, 9.17) is 14.5 Å². The van der Waals surface area contributed by atoms with Crippen LogP contribution in [0.3, 0.4) is 0 Å². The van der Waals surface area contributed by atoms with Gasteiger partial charge in [-0.25, -0.2) is 0 Å². The van der Waals surface area contributed by atoms with Crippen LogP contribution in [0.1, 0.15) is 54.4 Å². The topological polar surface area (TPSA) is 58.1 Å². The Labute approximate surface area is 184 Å². The standard InChI is InChI=1S/C20H42N4O2.HI/c1-8-21-19(22-15-18(25-7)20(4,5)6)23-17-9-11-24(12-10-17)13-14-26-16(2)3;/h16-18H,8-15H2,1-7H3,(H2,21,22,23);1H. The molecule has 0 radical (unpaired) electrons. The summed E-state index contributed by atoms with van der Waals surface area (Å²) < 4.78 is 11.3. The van der Waals surface area contributed by atoms with Crippen molar-refractivity contribution in [2.75, 3.05) is 46.4 Å². The number of nitrogens with zero attached hydrogens (tertiary/aromatic N) is 2.